The highest BCUT2D eigenvalue weighted by molar-refractivity contribution is 6.15. The third-order valence-corrected chi connectivity index (χ3v) is 3.29. The topological polar surface area (TPSA) is 114 Å². The maximum atomic E-state index is 12.1. The van der Waals surface area contributed by atoms with Crippen LogP contribution >= 0.6 is 0 Å². The number of rotatable bonds is 6. The summed E-state index contributed by atoms with van der Waals surface area (Å²) in [5.41, 5.74) is 0.391. The van der Waals surface area contributed by atoms with E-state index >= 15 is 0 Å². The molecular formula is C15H16N2O7. The maximum Gasteiger partial charge on any atom is 0.329 e. The minimum Gasteiger partial charge on any atom is -0.493 e. The minimum atomic E-state index is -1.29. The van der Waals surface area contributed by atoms with Crippen LogP contribution in [0.15, 0.2) is 17.8 Å². The molecule has 0 saturated carbocycles. The molecule has 0 aromatic heterocycles. The van der Waals surface area contributed by atoms with E-state index in [0.29, 0.717) is 27.7 Å². The van der Waals surface area contributed by atoms with Gasteiger partial charge in [0.2, 0.25) is 5.75 Å². The van der Waals surface area contributed by atoms with Crippen molar-refractivity contribution < 1.29 is 33.7 Å². The average Bonchev–Trinajstić information content (AvgIpc) is 2.81. The van der Waals surface area contributed by atoms with Gasteiger partial charge in [0.05, 0.1) is 21.3 Å². The number of carbonyl (C=O) groups excluding carboxylic acids is 2. The van der Waals surface area contributed by atoms with Crippen molar-refractivity contribution in [3.05, 3.63) is 23.4 Å². The number of nitrogens with zero attached hydrogens (tertiary/aromatic N) is 1. The molecule has 0 bridgehead atoms. The zero-order valence-corrected chi connectivity index (χ0v) is 13.3. The normalized spacial score (nSPS) is 15.5. The molecular weight excluding hydrogens is 320 g/mol. The summed E-state index contributed by atoms with van der Waals surface area (Å²) in [5, 5.41) is 11.1. The molecule has 3 amide bonds. The van der Waals surface area contributed by atoms with Crippen molar-refractivity contribution in [1.29, 1.82) is 0 Å². The number of ether oxygens (including phenoxy) is 3. The smallest absolute Gasteiger partial charge is 0.329 e. The van der Waals surface area contributed by atoms with Gasteiger partial charge in [-0.05, 0) is 18.2 Å². The van der Waals surface area contributed by atoms with Crippen LogP contribution < -0.4 is 19.5 Å². The van der Waals surface area contributed by atoms with Gasteiger partial charge in [-0.2, -0.15) is 0 Å². The first kappa shape index (κ1) is 17.1. The van der Waals surface area contributed by atoms with Crippen LogP contribution in [0, 0.1) is 0 Å². The molecule has 1 fully saturated rings. The standard InChI is InChI=1S/C15H16N2O7/c1-22-10-5-4-8(12(23-2)13(10)24-3)6-9-14(20)17(7-11(18)19)15(21)16-9/h4-6H,7H2,1-3H3,(H,16,21)(H,18,19). The van der Waals surface area contributed by atoms with Crippen LogP contribution in [-0.2, 0) is 9.59 Å². The third-order valence-electron chi connectivity index (χ3n) is 3.29. The molecule has 1 heterocycles. The predicted octanol–water partition coefficient (Wildman–Crippen LogP) is 0.690. The average molecular weight is 336 g/mol. The lowest BCUT2D eigenvalue weighted by Crippen LogP contribution is -2.35. The summed E-state index contributed by atoms with van der Waals surface area (Å²) in [6.45, 7) is -0.717. The fourth-order valence-corrected chi connectivity index (χ4v) is 2.24. The van der Waals surface area contributed by atoms with Crippen LogP contribution in [0.5, 0.6) is 17.2 Å². The van der Waals surface area contributed by atoms with Gasteiger partial charge >= 0.3 is 12.0 Å². The SMILES string of the molecule is COc1ccc(C=C2NC(=O)N(CC(=O)O)C2=O)c(OC)c1OC. The second-order valence-corrected chi connectivity index (χ2v) is 4.70. The van der Waals surface area contributed by atoms with Crippen LogP contribution in [0.1, 0.15) is 5.56 Å². The Morgan fingerprint density at radius 2 is 1.83 bits per heavy atom. The lowest BCUT2D eigenvalue weighted by atomic mass is 10.1. The Morgan fingerprint density at radius 1 is 1.17 bits per heavy atom. The summed E-state index contributed by atoms with van der Waals surface area (Å²) in [7, 11) is 4.33. The van der Waals surface area contributed by atoms with E-state index in [1.54, 1.807) is 12.1 Å². The summed E-state index contributed by atoms with van der Waals surface area (Å²) in [5.74, 6) is -0.954. The Hall–Kier alpha value is -3.23. The van der Waals surface area contributed by atoms with Crippen molar-refractivity contribution in [3.8, 4) is 17.2 Å². The second-order valence-electron chi connectivity index (χ2n) is 4.70. The summed E-state index contributed by atoms with van der Waals surface area (Å²) >= 11 is 0. The zero-order valence-electron chi connectivity index (χ0n) is 13.3. The molecule has 24 heavy (non-hydrogen) atoms. The first-order chi connectivity index (χ1) is 11.4. The van der Waals surface area contributed by atoms with Gasteiger partial charge in [-0.15, -0.1) is 0 Å². The molecule has 9 heteroatoms. The first-order valence-electron chi connectivity index (χ1n) is 6.78. The van der Waals surface area contributed by atoms with Gasteiger partial charge < -0.3 is 24.6 Å². The number of nitrogens with one attached hydrogen (secondary N) is 1. The lowest BCUT2D eigenvalue weighted by Gasteiger charge is -2.14. The Labute approximate surface area is 137 Å². The maximum absolute atomic E-state index is 12.1. The Kier molecular flexibility index (Phi) is 4.93. The molecule has 2 rings (SSSR count). The number of benzene rings is 1. The quantitative estimate of drug-likeness (QED) is 0.580. The number of hydrogen-bond donors (Lipinski definition) is 2. The van der Waals surface area contributed by atoms with E-state index in [2.05, 4.69) is 5.32 Å². The molecule has 0 spiro atoms. The molecule has 1 aliphatic heterocycles. The molecule has 0 atom stereocenters. The first-order valence-corrected chi connectivity index (χ1v) is 6.78. The minimum absolute atomic E-state index is 0.0632. The molecule has 1 aromatic rings. The Balaban J connectivity index is 2.43. The Morgan fingerprint density at radius 3 is 2.38 bits per heavy atom. The molecule has 0 unspecified atom stereocenters. The summed E-state index contributed by atoms with van der Waals surface area (Å²) < 4.78 is 15.7. The van der Waals surface area contributed by atoms with E-state index in [4.69, 9.17) is 19.3 Å². The van der Waals surface area contributed by atoms with Gasteiger partial charge in [0.15, 0.2) is 11.5 Å². The number of methoxy groups -OCH3 is 3. The van der Waals surface area contributed by atoms with E-state index in [-0.39, 0.29) is 5.70 Å². The van der Waals surface area contributed by atoms with Gasteiger partial charge in [0.1, 0.15) is 12.2 Å². The molecule has 2 N–H and O–H groups in total. The highest BCUT2D eigenvalue weighted by atomic mass is 16.5. The van der Waals surface area contributed by atoms with Crippen molar-refractivity contribution in [2.24, 2.45) is 0 Å². The summed E-state index contributed by atoms with van der Waals surface area (Å²) in [4.78, 5) is 35.2. The van der Waals surface area contributed by atoms with Gasteiger partial charge in [0, 0.05) is 5.56 Å². The molecule has 0 aliphatic carbocycles. The highest BCUT2D eigenvalue weighted by Gasteiger charge is 2.35. The third kappa shape index (κ3) is 3.09. The van der Waals surface area contributed by atoms with Crippen LogP contribution in [-0.4, -0.2) is 55.8 Å². The van der Waals surface area contributed by atoms with E-state index < -0.39 is 24.5 Å². The van der Waals surface area contributed by atoms with Crippen molar-refractivity contribution in [1.82, 2.24) is 10.2 Å². The summed E-state index contributed by atoms with van der Waals surface area (Å²) in [6.07, 6.45) is 1.38. The molecule has 1 saturated heterocycles. The molecule has 9 nitrogen and oxygen atoms in total. The number of hydrogen-bond acceptors (Lipinski definition) is 6. The second kappa shape index (κ2) is 6.90. The number of carboxylic acids is 1. The number of carbonyl (C=O) groups is 3. The fourth-order valence-electron chi connectivity index (χ4n) is 2.24. The number of urea groups is 1. The number of imide groups is 1. The van der Waals surface area contributed by atoms with Gasteiger partial charge in [0.25, 0.3) is 5.91 Å². The van der Waals surface area contributed by atoms with Crippen molar-refractivity contribution in [2.75, 3.05) is 27.9 Å². The lowest BCUT2D eigenvalue weighted by molar-refractivity contribution is -0.140. The van der Waals surface area contributed by atoms with E-state index in [0.717, 1.165) is 0 Å². The molecule has 128 valence electrons. The molecule has 1 aromatic carbocycles. The van der Waals surface area contributed by atoms with Crippen LogP contribution in [0.3, 0.4) is 0 Å². The van der Waals surface area contributed by atoms with Crippen LogP contribution in [0.2, 0.25) is 0 Å². The fraction of sp³-hybridized carbons (Fsp3) is 0.267. The van der Waals surface area contributed by atoms with Gasteiger partial charge in [-0.3, -0.25) is 9.59 Å². The van der Waals surface area contributed by atoms with Crippen molar-refractivity contribution in [2.45, 2.75) is 0 Å². The van der Waals surface area contributed by atoms with Crippen LogP contribution in [0.25, 0.3) is 6.08 Å². The van der Waals surface area contributed by atoms with E-state index in [9.17, 15) is 14.4 Å². The molecule has 0 radical (unpaired) electrons. The highest BCUT2D eigenvalue weighted by Crippen LogP contribution is 2.40. The van der Waals surface area contributed by atoms with Gasteiger partial charge in [-0.1, -0.05) is 0 Å². The van der Waals surface area contributed by atoms with Gasteiger partial charge in [-0.25, -0.2) is 9.69 Å². The predicted molar refractivity (Wildman–Crippen MR) is 82.0 cm³/mol. The van der Waals surface area contributed by atoms with Crippen molar-refractivity contribution in [3.63, 3.8) is 0 Å². The number of carboxylic acid groups (broad SMARTS) is 1. The molecule has 1 aliphatic rings. The Bertz CT molecular complexity index is 727. The number of aliphatic carboxylic acids is 1. The van der Waals surface area contributed by atoms with Crippen LogP contribution in [0.4, 0.5) is 4.79 Å². The number of amides is 3. The largest absolute Gasteiger partial charge is 0.493 e. The summed E-state index contributed by atoms with van der Waals surface area (Å²) in [6, 6.07) is 2.43. The zero-order chi connectivity index (χ0) is 17.9. The monoisotopic (exact) mass is 336 g/mol. The van der Waals surface area contributed by atoms with Crippen molar-refractivity contribution >= 4 is 24.0 Å². The van der Waals surface area contributed by atoms with E-state index in [1.807, 2.05) is 0 Å². The van der Waals surface area contributed by atoms with E-state index in [1.165, 1.54) is 27.4 Å².